The molecule has 1 aromatic rings. The second-order valence-electron chi connectivity index (χ2n) is 4.61. The number of nitrogens with zero attached hydrogens (tertiary/aromatic N) is 1. The normalized spacial score (nSPS) is 17.5. The lowest BCUT2D eigenvalue weighted by atomic mass is 10.1. The lowest BCUT2D eigenvalue weighted by Crippen LogP contribution is -2.25. The van der Waals surface area contributed by atoms with Crippen LogP contribution in [0.25, 0.3) is 6.08 Å². The van der Waals surface area contributed by atoms with Gasteiger partial charge < -0.3 is 5.11 Å². The second kappa shape index (κ2) is 7.36. The Hall–Kier alpha value is -1.26. The van der Waals surface area contributed by atoms with Gasteiger partial charge in [-0.3, -0.25) is 4.90 Å². The lowest BCUT2D eigenvalue weighted by molar-refractivity contribution is -0.131. The molecule has 0 radical (unpaired) electrons. The van der Waals surface area contributed by atoms with E-state index in [-0.39, 0.29) is 0 Å². The van der Waals surface area contributed by atoms with Crippen molar-refractivity contribution in [1.29, 1.82) is 0 Å². The highest BCUT2D eigenvalue weighted by Gasteiger charge is 2.10. The third kappa shape index (κ3) is 4.73. The predicted octanol–water partition coefficient (Wildman–Crippen LogP) is 2.72. The van der Waals surface area contributed by atoms with Gasteiger partial charge in [-0.15, -0.1) is 0 Å². The molecule has 0 spiro atoms. The molecule has 1 fully saturated rings. The summed E-state index contributed by atoms with van der Waals surface area (Å²) < 4.78 is 0. The number of carboxylic acid groups (broad SMARTS) is 1. The zero-order valence-corrected chi connectivity index (χ0v) is 11.7. The molecular weight excluding hydrogens is 258 g/mol. The molecule has 0 bridgehead atoms. The number of carboxylic acids is 1. The van der Waals surface area contributed by atoms with Gasteiger partial charge in [0.15, 0.2) is 0 Å². The maximum atomic E-state index is 10.6. The summed E-state index contributed by atoms with van der Waals surface area (Å²) in [4.78, 5) is 13.1. The van der Waals surface area contributed by atoms with Gasteiger partial charge in [-0.25, -0.2) is 4.79 Å². The summed E-state index contributed by atoms with van der Waals surface area (Å²) in [5, 5.41) is 8.72. The molecule has 1 aliphatic heterocycles. The van der Waals surface area contributed by atoms with Crippen molar-refractivity contribution in [3.8, 4) is 0 Å². The molecule has 4 heteroatoms. The van der Waals surface area contributed by atoms with Gasteiger partial charge in [-0.1, -0.05) is 24.3 Å². The van der Waals surface area contributed by atoms with E-state index in [1.54, 1.807) is 6.08 Å². The van der Waals surface area contributed by atoms with Crippen molar-refractivity contribution >= 4 is 23.8 Å². The molecule has 3 nitrogen and oxygen atoms in total. The number of aliphatic carboxylic acids is 1. The van der Waals surface area contributed by atoms with Crippen molar-refractivity contribution in [2.75, 3.05) is 24.6 Å². The van der Waals surface area contributed by atoms with Crippen LogP contribution >= 0.6 is 11.8 Å². The molecule has 102 valence electrons. The van der Waals surface area contributed by atoms with E-state index in [4.69, 9.17) is 5.11 Å². The van der Waals surface area contributed by atoms with Crippen molar-refractivity contribution in [1.82, 2.24) is 4.90 Å². The summed E-state index contributed by atoms with van der Waals surface area (Å²) in [6.07, 6.45) is 4.12. The molecular formula is C15H19NO2S. The van der Waals surface area contributed by atoms with Gasteiger partial charge in [0, 0.05) is 24.9 Å². The van der Waals surface area contributed by atoms with E-state index in [2.05, 4.69) is 11.0 Å². The van der Waals surface area contributed by atoms with E-state index in [1.807, 2.05) is 30.0 Å². The Labute approximate surface area is 118 Å². The van der Waals surface area contributed by atoms with Crippen LogP contribution in [0.5, 0.6) is 0 Å². The Balaban J connectivity index is 2.08. The standard InChI is InChI=1S/C15H19NO2S/c17-15(18)7-6-13-4-1-2-5-14(13)12-16-8-3-10-19-11-9-16/h1-2,4-7H,3,8-12H2,(H,17,18)/b7-6+. The van der Waals surface area contributed by atoms with Gasteiger partial charge in [-0.05, 0) is 35.9 Å². The monoisotopic (exact) mass is 277 g/mol. The van der Waals surface area contributed by atoms with E-state index in [0.29, 0.717) is 0 Å². The number of hydrogen-bond donors (Lipinski definition) is 1. The van der Waals surface area contributed by atoms with Crippen molar-refractivity contribution in [2.24, 2.45) is 0 Å². The topological polar surface area (TPSA) is 40.5 Å². The van der Waals surface area contributed by atoms with Crippen LogP contribution < -0.4 is 0 Å². The van der Waals surface area contributed by atoms with Crippen LogP contribution in [0, 0.1) is 0 Å². The predicted molar refractivity (Wildman–Crippen MR) is 80.3 cm³/mol. The second-order valence-corrected chi connectivity index (χ2v) is 5.84. The van der Waals surface area contributed by atoms with Crippen molar-refractivity contribution in [3.05, 3.63) is 41.5 Å². The largest absolute Gasteiger partial charge is 0.478 e. The Kier molecular flexibility index (Phi) is 5.48. The van der Waals surface area contributed by atoms with Crippen LogP contribution in [0.1, 0.15) is 17.5 Å². The Morgan fingerprint density at radius 2 is 2.16 bits per heavy atom. The number of thioether (sulfide) groups is 1. The number of benzene rings is 1. The summed E-state index contributed by atoms with van der Waals surface area (Å²) in [7, 11) is 0. The fraction of sp³-hybridized carbons (Fsp3) is 0.400. The van der Waals surface area contributed by atoms with Crippen molar-refractivity contribution in [3.63, 3.8) is 0 Å². The Morgan fingerprint density at radius 3 is 3.00 bits per heavy atom. The van der Waals surface area contributed by atoms with Crippen molar-refractivity contribution < 1.29 is 9.90 Å². The van der Waals surface area contributed by atoms with E-state index in [9.17, 15) is 4.79 Å². The summed E-state index contributed by atoms with van der Waals surface area (Å²) in [5.41, 5.74) is 2.20. The number of carbonyl (C=O) groups is 1. The molecule has 1 aliphatic rings. The van der Waals surface area contributed by atoms with Crippen LogP contribution in [0.3, 0.4) is 0 Å². The van der Waals surface area contributed by atoms with Crippen LogP contribution in [0.4, 0.5) is 0 Å². The SMILES string of the molecule is O=C(O)/C=C/c1ccccc1CN1CCCSCC1. The molecule has 0 unspecified atom stereocenters. The van der Waals surface area contributed by atoms with Gasteiger partial charge in [-0.2, -0.15) is 11.8 Å². The molecule has 0 atom stereocenters. The minimum atomic E-state index is -0.902. The van der Waals surface area contributed by atoms with Crippen LogP contribution in [-0.4, -0.2) is 40.6 Å². The number of rotatable bonds is 4. The first-order chi connectivity index (χ1) is 9.25. The molecule has 0 saturated carbocycles. The number of hydrogen-bond acceptors (Lipinski definition) is 3. The van der Waals surface area contributed by atoms with Gasteiger partial charge in [0.05, 0.1) is 0 Å². The first-order valence-electron chi connectivity index (χ1n) is 6.55. The highest BCUT2D eigenvalue weighted by Crippen LogP contribution is 2.16. The molecule has 2 rings (SSSR count). The first-order valence-corrected chi connectivity index (χ1v) is 7.70. The van der Waals surface area contributed by atoms with Crippen LogP contribution in [0.2, 0.25) is 0 Å². The molecule has 1 aromatic carbocycles. The zero-order valence-electron chi connectivity index (χ0n) is 10.9. The summed E-state index contributed by atoms with van der Waals surface area (Å²) >= 11 is 2.02. The van der Waals surface area contributed by atoms with Crippen LogP contribution in [0.15, 0.2) is 30.3 Å². The maximum absolute atomic E-state index is 10.6. The summed E-state index contributed by atoms with van der Waals surface area (Å²) in [6.45, 7) is 3.15. The third-order valence-electron chi connectivity index (χ3n) is 3.17. The summed E-state index contributed by atoms with van der Waals surface area (Å²) in [5.74, 6) is 1.53. The quantitative estimate of drug-likeness (QED) is 0.859. The molecule has 19 heavy (non-hydrogen) atoms. The van der Waals surface area contributed by atoms with Gasteiger partial charge in [0.25, 0.3) is 0 Å². The van der Waals surface area contributed by atoms with E-state index in [1.165, 1.54) is 29.6 Å². The average molecular weight is 277 g/mol. The molecule has 0 aromatic heterocycles. The van der Waals surface area contributed by atoms with Gasteiger partial charge in [0.1, 0.15) is 0 Å². The fourth-order valence-electron chi connectivity index (χ4n) is 2.20. The van der Waals surface area contributed by atoms with Gasteiger partial charge >= 0.3 is 5.97 Å². The molecule has 0 amide bonds. The highest BCUT2D eigenvalue weighted by molar-refractivity contribution is 7.99. The molecule has 1 saturated heterocycles. The maximum Gasteiger partial charge on any atom is 0.328 e. The average Bonchev–Trinajstić information content (AvgIpc) is 2.66. The lowest BCUT2D eigenvalue weighted by Gasteiger charge is -2.20. The molecule has 0 aliphatic carbocycles. The summed E-state index contributed by atoms with van der Waals surface area (Å²) in [6, 6.07) is 8.02. The van der Waals surface area contributed by atoms with Gasteiger partial charge in [0.2, 0.25) is 0 Å². The van der Waals surface area contributed by atoms with Crippen molar-refractivity contribution in [2.45, 2.75) is 13.0 Å². The highest BCUT2D eigenvalue weighted by atomic mass is 32.2. The first kappa shape index (κ1) is 14.2. The molecule has 1 heterocycles. The zero-order chi connectivity index (χ0) is 13.5. The van der Waals surface area contributed by atoms with Crippen LogP contribution in [-0.2, 0) is 11.3 Å². The smallest absolute Gasteiger partial charge is 0.328 e. The minimum Gasteiger partial charge on any atom is -0.478 e. The Bertz CT molecular complexity index is 451. The fourth-order valence-corrected chi connectivity index (χ4v) is 3.12. The van der Waals surface area contributed by atoms with E-state index in [0.717, 1.165) is 25.2 Å². The van der Waals surface area contributed by atoms with E-state index >= 15 is 0 Å². The minimum absolute atomic E-state index is 0.902. The van der Waals surface area contributed by atoms with E-state index < -0.39 is 5.97 Å². The third-order valence-corrected chi connectivity index (χ3v) is 4.22. The Morgan fingerprint density at radius 1 is 1.32 bits per heavy atom. The molecule has 1 N–H and O–H groups in total.